The Labute approximate surface area is 111 Å². The smallest absolute Gasteiger partial charge is 0.322 e. The molecule has 6 nitrogen and oxygen atoms in total. The zero-order valence-electron chi connectivity index (χ0n) is 10.6. The van der Waals surface area contributed by atoms with Crippen LogP contribution in [0.1, 0.15) is 19.8 Å². The predicted octanol–water partition coefficient (Wildman–Crippen LogP) is 1.54. The number of hydrogen-bond acceptors (Lipinski definition) is 6. The van der Waals surface area contributed by atoms with E-state index < -0.39 is 0 Å². The van der Waals surface area contributed by atoms with E-state index in [4.69, 9.17) is 21.1 Å². The highest BCUT2D eigenvalue weighted by Crippen LogP contribution is 2.20. The van der Waals surface area contributed by atoms with Crippen LogP contribution in [-0.4, -0.2) is 47.9 Å². The largest absolute Gasteiger partial charge is 0.463 e. The molecule has 18 heavy (non-hydrogen) atoms. The van der Waals surface area contributed by atoms with Crippen LogP contribution in [0.5, 0.6) is 6.01 Å². The molecule has 2 heterocycles. The lowest BCUT2D eigenvalue weighted by atomic mass is 10.3. The summed E-state index contributed by atoms with van der Waals surface area (Å²) in [5.74, 6) is 0.556. The van der Waals surface area contributed by atoms with Crippen LogP contribution in [0.2, 0.25) is 5.28 Å². The first-order valence-corrected chi connectivity index (χ1v) is 6.43. The van der Waals surface area contributed by atoms with Gasteiger partial charge in [0, 0.05) is 20.2 Å². The third-order valence-electron chi connectivity index (χ3n) is 2.77. The van der Waals surface area contributed by atoms with Gasteiger partial charge in [-0.2, -0.15) is 15.0 Å². The number of nitrogens with zero attached hydrogens (tertiary/aromatic N) is 4. The highest BCUT2D eigenvalue weighted by Gasteiger charge is 2.25. The van der Waals surface area contributed by atoms with Crippen molar-refractivity contribution in [1.82, 2.24) is 15.0 Å². The molecule has 1 fully saturated rings. The van der Waals surface area contributed by atoms with E-state index in [0.717, 1.165) is 25.9 Å². The van der Waals surface area contributed by atoms with Crippen LogP contribution in [0, 0.1) is 0 Å². The average Bonchev–Trinajstić information content (AvgIpc) is 2.84. The summed E-state index contributed by atoms with van der Waals surface area (Å²) in [4.78, 5) is 14.4. The zero-order valence-corrected chi connectivity index (χ0v) is 11.4. The average molecular weight is 273 g/mol. The van der Waals surface area contributed by atoms with Crippen molar-refractivity contribution in [2.45, 2.75) is 25.9 Å². The molecule has 0 spiro atoms. The normalized spacial score (nSPS) is 19.3. The maximum atomic E-state index is 5.88. The molecule has 1 saturated heterocycles. The summed E-state index contributed by atoms with van der Waals surface area (Å²) in [6.07, 6.45) is 2.08. The summed E-state index contributed by atoms with van der Waals surface area (Å²) < 4.78 is 10.7. The van der Waals surface area contributed by atoms with Crippen molar-refractivity contribution >= 4 is 17.5 Å². The van der Waals surface area contributed by atoms with Gasteiger partial charge in [0.2, 0.25) is 11.2 Å². The first-order chi connectivity index (χ1) is 8.72. The molecule has 1 aliphatic rings. The van der Waals surface area contributed by atoms with Gasteiger partial charge in [-0.25, -0.2) is 0 Å². The Morgan fingerprint density at radius 2 is 2.22 bits per heavy atom. The van der Waals surface area contributed by atoms with Crippen molar-refractivity contribution in [3.8, 4) is 6.01 Å². The molecule has 0 aliphatic carbocycles. The van der Waals surface area contributed by atoms with Gasteiger partial charge in [-0.3, -0.25) is 0 Å². The topological polar surface area (TPSA) is 60.4 Å². The quantitative estimate of drug-likeness (QED) is 0.810. The molecular formula is C11H17ClN4O2. The highest BCUT2D eigenvalue weighted by molar-refractivity contribution is 6.28. The summed E-state index contributed by atoms with van der Waals surface area (Å²) in [5, 5.41) is 0.159. The van der Waals surface area contributed by atoms with Crippen molar-refractivity contribution in [3.63, 3.8) is 0 Å². The zero-order chi connectivity index (χ0) is 13.0. The van der Waals surface area contributed by atoms with Crippen molar-refractivity contribution in [1.29, 1.82) is 0 Å². The summed E-state index contributed by atoms with van der Waals surface area (Å²) in [5.41, 5.74) is 0. The lowest BCUT2D eigenvalue weighted by molar-refractivity contribution is 0.121. The van der Waals surface area contributed by atoms with Gasteiger partial charge < -0.3 is 14.4 Å². The molecule has 1 aromatic rings. The maximum absolute atomic E-state index is 5.88. The van der Waals surface area contributed by atoms with Crippen LogP contribution in [-0.2, 0) is 4.74 Å². The first-order valence-electron chi connectivity index (χ1n) is 6.05. The first kappa shape index (κ1) is 13.3. The van der Waals surface area contributed by atoms with E-state index in [1.54, 1.807) is 7.11 Å². The number of aromatic nitrogens is 3. The molecule has 100 valence electrons. The molecule has 1 aliphatic heterocycles. The van der Waals surface area contributed by atoms with Gasteiger partial charge in [-0.1, -0.05) is 6.92 Å². The Hall–Kier alpha value is -1.14. The standard InChI is InChI=1S/C11H17ClN4O2/c1-3-6-18-11-14-9(12)13-10(15-11)16-5-4-8(7-16)17-2/h8H,3-7H2,1-2H3. The van der Waals surface area contributed by atoms with Gasteiger partial charge in [0.1, 0.15) is 0 Å². The summed E-state index contributed by atoms with van der Waals surface area (Å²) in [6.45, 7) is 4.21. The van der Waals surface area contributed by atoms with Crippen LogP contribution in [0.15, 0.2) is 0 Å². The van der Waals surface area contributed by atoms with E-state index in [9.17, 15) is 0 Å². The van der Waals surface area contributed by atoms with Crippen molar-refractivity contribution < 1.29 is 9.47 Å². The van der Waals surface area contributed by atoms with E-state index in [1.165, 1.54) is 0 Å². The minimum absolute atomic E-state index is 0.159. The number of methoxy groups -OCH3 is 1. The third-order valence-corrected chi connectivity index (χ3v) is 2.94. The summed E-state index contributed by atoms with van der Waals surface area (Å²) in [6, 6.07) is 0.285. The molecule has 1 unspecified atom stereocenters. The molecule has 0 radical (unpaired) electrons. The van der Waals surface area contributed by atoms with Crippen LogP contribution in [0.25, 0.3) is 0 Å². The molecule has 0 aromatic carbocycles. The second-order valence-corrected chi connectivity index (χ2v) is 4.47. The van der Waals surface area contributed by atoms with Crippen LogP contribution >= 0.6 is 11.6 Å². The molecule has 1 atom stereocenters. The molecular weight excluding hydrogens is 256 g/mol. The summed E-state index contributed by atoms with van der Waals surface area (Å²) in [7, 11) is 1.71. The lowest BCUT2D eigenvalue weighted by Gasteiger charge is -2.16. The molecule has 0 bridgehead atoms. The fraction of sp³-hybridized carbons (Fsp3) is 0.727. The fourth-order valence-corrected chi connectivity index (χ4v) is 1.97. The summed E-state index contributed by atoms with van der Waals surface area (Å²) >= 11 is 5.88. The minimum Gasteiger partial charge on any atom is -0.463 e. The van der Waals surface area contributed by atoms with E-state index in [0.29, 0.717) is 12.6 Å². The fourth-order valence-electron chi connectivity index (χ4n) is 1.82. The number of ether oxygens (including phenoxy) is 2. The minimum atomic E-state index is 0.159. The maximum Gasteiger partial charge on any atom is 0.322 e. The number of halogens is 1. The van der Waals surface area contributed by atoms with Crippen LogP contribution in [0.4, 0.5) is 5.95 Å². The molecule has 0 saturated carbocycles. The molecule has 7 heteroatoms. The SMILES string of the molecule is CCCOc1nc(Cl)nc(N2CCC(OC)C2)n1. The third kappa shape index (κ3) is 3.20. The van der Waals surface area contributed by atoms with Gasteiger partial charge in [0.05, 0.1) is 12.7 Å². The second-order valence-electron chi connectivity index (χ2n) is 4.13. The Morgan fingerprint density at radius 1 is 1.39 bits per heavy atom. The predicted molar refractivity (Wildman–Crippen MR) is 68.3 cm³/mol. The molecule has 2 rings (SSSR count). The Bertz CT molecular complexity index is 405. The lowest BCUT2D eigenvalue weighted by Crippen LogP contribution is -2.24. The van der Waals surface area contributed by atoms with Crippen molar-refractivity contribution in [3.05, 3.63) is 5.28 Å². The van der Waals surface area contributed by atoms with Gasteiger partial charge >= 0.3 is 6.01 Å². The van der Waals surface area contributed by atoms with Gasteiger partial charge in [-0.05, 0) is 24.4 Å². The Morgan fingerprint density at radius 3 is 2.89 bits per heavy atom. The van der Waals surface area contributed by atoms with Crippen LogP contribution < -0.4 is 9.64 Å². The monoisotopic (exact) mass is 272 g/mol. The van der Waals surface area contributed by atoms with Crippen LogP contribution in [0.3, 0.4) is 0 Å². The number of hydrogen-bond donors (Lipinski definition) is 0. The van der Waals surface area contributed by atoms with Crippen molar-refractivity contribution in [2.75, 3.05) is 31.7 Å². The molecule has 1 aromatic heterocycles. The molecule has 0 N–H and O–H groups in total. The van der Waals surface area contributed by atoms with Crippen molar-refractivity contribution in [2.24, 2.45) is 0 Å². The van der Waals surface area contributed by atoms with E-state index in [1.807, 2.05) is 11.8 Å². The highest BCUT2D eigenvalue weighted by atomic mass is 35.5. The second kappa shape index (κ2) is 6.15. The van der Waals surface area contributed by atoms with Gasteiger partial charge in [-0.15, -0.1) is 0 Å². The number of rotatable bonds is 5. The van der Waals surface area contributed by atoms with Gasteiger partial charge in [0.15, 0.2) is 0 Å². The van der Waals surface area contributed by atoms with E-state index in [2.05, 4.69) is 15.0 Å². The van der Waals surface area contributed by atoms with E-state index in [-0.39, 0.29) is 17.4 Å². The number of anilines is 1. The Kier molecular flexibility index (Phi) is 4.54. The van der Waals surface area contributed by atoms with Gasteiger partial charge in [0.25, 0.3) is 0 Å². The molecule has 0 amide bonds. The Balaban J connectivity index is 2.10. The van der Waals surface area contributed by atoms with E-state index >= 15 is 0 Å².